The topological polar surface area (TPSA) is 17.1 Å². The molecule has 0 aromatic heterocycles. The molecule has 1 heteroatoms. The van der Waals surface area contributed by atoms with Crippen LogP contribution in [0.5, 0.6) is 0 Å². The molecular weight excluding hydrogens is 280 g/mol. The Hall–Kier alpha value is -1.37. The van der Waals surface area contributed by atoms with E-state index in [0.29, 0.717) is 6.42 Å². The summed E-state index contributed by atoms with van der Waals surface area (Å²) in [5, 5.41) is 0. The predicted octanol–water partition coefficient (Wildman–Crippen LogP) is 7.74. The van der Waals surface area contributed by atoms with Crippen LogP contribution >= 0.6 is 0 Å². The van der Waals surface area contributed by atoms with Crippen LogP contribution in [0.2, 0.25) is 0 Å². The monoisotopic (exact) mass is 322 g/mol. The van der Waals surface area contributed by atoms with Gasteiger partial charge < -0.3 is 0 Å². The molecule has 0 heterocycles. The van der Waals surface area contributed by atoms with E-state index in [2.05, 4.69) is 24.3 Å². The van der Waals surface area contributed by atoms with Gasteiger partial charge in [-0.1, -0.05) is 81.2 Å². The molecule has 136 valence electrons. The minimum atomic E-state index is 0. The minimum Gasteiger partial charge on any atom is -0.295 e. The highest BCUT2D eigenvalue weighted by atomic mass is 16.1. The van der Waals surface area contributed by atoms with Gasteiger partial charge in [-0.2, -0.15) is 0 Å². The third kappa shape index (κ3) is 10.1. The summed E-state index contributed by atoms with van der Waals surface area (Å²) in [5.41, 5.74) is 3.93. The highest BCUT2D eigenvalue weighted by molar-refractivity contribution is 5.97. The zero-order chi connectivity index (χ0) is 15.4. The Morgan fingerprint density at radius 3 is 2.04 bits per heavy atom. The normalized spacial score (nSPS) is 13.0. The first-order valence-electron chi connectivity index (χ1n) is 8.13. The van der Waals surface area contributed by atoms with Crippen LogP contribution in [0.15, 0.2) is 30.3 Å². The van der Waals surface area contributed by atoms with E-state index in [1.807, 2.05) is 40.7 Å². The van der Waals surface area contributed by atoms with Crippen molar-refractivity contribution in [3.8, 4) is 0 Å². The van der Waals surface area contributed by atoms with Crippen LogP contribution in [0.4, 0.5) is 0 Å². The van der Waals surface area contributed by atoms with Crippen molar-refractivity contribution in [1.29, 1.82) is 0 Å². The van der Waals surface area contributed by atoms with Crippen LogP contribution in [-0.2, 0) is 11.2 Å². The molecule has 1 aliphatic rings. The van der Waals surface area contributed by atoms with Crippen LogP contribution in [-0.4, -0.2) is 5.78 Å². The highest BCUT2D eigenvalue weighted by Gasteiger charge is 2.12. The van der Waals surface area contributed by atoms with E-state index in [4.69, 9.17) is 0 Å². The second-order valence-electron chi connectivity index (χ2n) is 4.35. The second kappa shape index (κ2) is 18.7. The first-order valence-corrected chi connectivity index (χ1v) is 8.13. The van der Waals surface area contributed by atoms with Gasteiger partial charge >= 0.3 is 0 Å². The Bertz CT molecular complexity index is 416. The fourth-order valence-corrected chi connectivity index (χ4v) is 2.26. The number of hydrogen-bond acceptors (Lipinski definition) is 1. The van der Waals surface area contributed by atoms with Crippen molar-refractivity contribution in [3.63, 3.8) is 0 Å². The molecule has 1 aliphatic carbocycles. The smallest absolute Gasteiger partial charge is 0.155 e. The van der Waals surface area contributed by atoms with Gasteiger partial charge in [0.2, 0.25) is 0 Å². The van der Waals surface area contributed by atoms with Gasteiger partial charge in [-0.05, 0) is 48.5 Å². The molecule has 0 saturated carbocycles. The predicted molar refractivity (Wildman–Crippen MR) is 110 cm³/mol. The van der Waals surface area contributed by atoms with Gasteiger partial charge in [0.25, 0.3) is 0 Å². The largest absolute Gasteiger partial charge is 0.295 e. The van der Waals surface area contributed by atoms with Crippen LogP contribution < -0.4 is 0 Å². The van der Waals surface area contributed by atoms with Crippen LogP contribution in [0.3, 0.4) is 0 Å². The van der Waals surface area contributed by atoms with Crippen molar-refractivity contribution in [2.45, 2.75) is 89.0 Å². The molecule has 1 aromatic rings. The van der Waals surface area contributed by atoms with Gasteiger partial charge in [-0.25, -0.2) is 0 Å². The number of fused-ring (bicyclic) bond motifs is 1. The molecule has 1 aromatic carbocycles. The molecule has 0 spiro atoms. The van der Waals surface area contributed by atoms with Crippen molar-refractivity contribution in [2.24, 2.45) is 0 Å². The summed E-state index contributed by atoms with van der Waals surface area (Å²) in [7, 11) is 0. The van der Waals surface area contributed by atoms with Crippen molar-refractivity contribution < 1.29 is 4.79 Å². The molecular formula is C22H42O. The lowest BCUT2D eigenvalue weighted by molar-refractivity contribution is -0.114. The van der Waals surface area contributed by atoms with Crippen molar-refractivity contribution in [3.05, 3.63) is 41.5 Å². The van der Waals surface area contributed by atoms with Crippen molar-refractivity contribution in [2.75, 3.05) is 0 Å². The summed E-state index contributed by atoms with van der Waals surface area (Å²) >= 11 is 0. The zero-order valence-corrected chi connectivity index (χ0v) is 13.8. The summed E-state index contributed by atoms with van der Waals surface area (Å²) in [4.78, 5) is 11.5. The minimum absolute atomic E-state index is 0. The molecule has 2 rings (SSSR count). The molecule has 0 aliphatic heterocycles. The Balaban J connectivity index is -0.000000240. The maximum atomic E-state index is 11.5. The quantitative estimate of drug-likeness (QED) is 0.402. The Morgan fingerprint density at radius 2 is 1.48 bits per heavy atom. The number of allylic oxidation sites excluding steroid dienone is 2. The van der Waals surface area contributed by atoms with E-state index in [9.17, 15) is 4.79 Å². The summed E-state index contributed by atoms with van der Waals surface area (Å²) in [6, 6.07) is 8.48. The van der Waals surface area contributed by atoms with Gasteiger partial charge in [0, 0.05) is 6.42 Å². The van der Waals surface area contributed by atoms with E-state index in [-0.39, 0.29) is 28.1 Å². The highest BCUT2D eigenvalue weighted by Crippen LogP contribution is 2.29. The Labute approximate surface area is 147 Å². The van der Waals surface area contributed by atoms with E-state index in [0.717, 1.165) is 12.8 Å². The number of benzene rings is 1. The lowest BCUT2D eigenvalue weighted by Crippen LogP contribution is -1.94. The van der Waals surface area contributed by atoms with Gasteiger partial charge in [0.1, 0.15) is 0 Å². The van der Waals surface area contributed by atoms with E-state index < -0.39 is 0 Å². The fraction of sp³-hybridized carbons (Fsp3) is 0.591. The summed E-state index contributed by atoms with van der Waals surface area (Å²) < 4.78 is 0. The van der Waals surface area contributed by atoms with E-state index in [1.165, 1.54) is 29.5 Å². The van der Waals surface area contributed by atoms with E-state index in [1.54, 1.807) is 0 Å². The van der Waals surface area contributed by atoms with Gasteiger partial charge in [0.15, 0.2) is 5.78 Å². The lowest BCUT2D eigenvalue weighted by atomic mass is 9.97. The summed E-state index contributed by atoms with van der Waals surface area (Å²) in [5.74, 6) is 0.242. The van der Waals surface area contributed by atoms with Crippen LogP contribution in [0.1, 0.15) is 93.7 Å². The Morgan fingerprint density at radius 1 is 0.957 bits per heavy atom. The third-order valence-corrected chi connectivity index (χ3v) is 3.19. The third-order valence-electron chi connectivity index (χ3n) is 3.19. The molecule has 0 atom stereocenters. The number of carbonyl (C=O) groups excluding carboxylic acids is 1. The van der Waals surface area contributed by atoms with Crippen LogP contribution in [0.25, 0.3) is 5.57 Å². The van der Waals surface area contributed by atoms with Crippen molar-refractivity contribution >= 4 is 11.4 Å². The van der Waals surface area contributed by atoms with Gasteiger partial charge in [-0.3, -0.25) is 4.79 Å². The average molecular weight is 323 g/mol. The number of rotatable bonds is 2. The molecule has 1 nitrogen and oxygen atoms in total. The maximum Gasteiger partial charge on any atom is 0.155 e. The number of carbonyl (C=O) groups is 1. The second-order valence-corrected chi connectivity index (χ2v) is 4.35. The van der Waals surface area contributed by atoms with Crippen molar-refractivity contribution in [1.82, 2.24) is 0 Å². The lowest BCUT2D eigenvalue weighted by Gasteiger charge is -2.07. The number of aryl methyl sites for hydroxylation is 1. The number of ketones is 1. The fourth-order valence-electron chi connectivity index (χ4n) is 2.26. The first kappa shape index (κ1) is 29.6. The van der Waals surface area contributed by atoms with Gasteiger partial charge in [0.05, 0.1) is 0 Å². The first-order chi connectivity index (χ1) is 9.81. The van der Waals surface area contributed by atoms with E-state index >= 15 is 0 Å². The SMILES string of the molecule is C.C.C.CC.CC.CCC(=O)C=C1CCCCc2ccccc21. The summed E-state index contributed by atoms with van der Waals surface area (Å²) in [6.45, 7) is 9.92. The maximum absolute atomic E-state index is 11.5. The molecule has 0 unspecified atom stereocenters. The Kier molecular flexibility index (Phi) is 24.1. The molecule has 0 N–H and O–H groups in total. The average Bonchev–Trinajstić information content (AvgIpc) is 2.74. The molecule has 0 fully saturated rings. The summed E-state index contributed by atoms with van der Waals surface area (Å²) in [6.07, 6.45) is 7.07. The molecule has 23 heavy (non-hydrogen) atoms. The molecule has 0 amide bonds. The van der Waals surface area contributed by atoms with Crippen LogP contribution in [0, 0.1) is 0 Å². The molecule has 0 saturated heterocycles. The molecule has 0 radical (unpaired) electrons. The molecule has 0 bridgehead atoms. The van der Waals surface area contributed by atoms with Gasteiger partial charge in [-0.15, -0.1) is 0 Å². The number of hydrogen-bond donors (Lipinski definition) is 0. The zero-order valence-electron chi connectivity index (χ0n) is 13.8. The standard InChI is InChI=1S/C15H18O.2C2H6.3CH4/c1-2-14(16)11-13-9-4-3-7-12-8-5-6-10-15(12)13;2*1-2;;;/h5-6,8,10-11H,2-4,7,9H2,1H3;2*1-2H3;3*1H4.